The molecule has 4 heteroatoms. The predicted octanol–water partition coefficient (Wildman–Crippen LogP) is 2.10. The Balaban J connectivity index is 2.24. The van der Waals surface area contributed by atoms with Gasteiger partial charge >= 0.3 is 0 Å². The molecule has 0 saturated carbocycles. The molecule has 102 valence electrons. The van der Waals surface area contributed by atoms with Crippen molar-refractivity contribution in [2.75, 3.05) is 6.61 Å². The van der Waals surface area contributed by atoms with E-state index in [1.54, 1.807) is 6.20 Å². The smallest absolute Gasteiger partial charge is 0.146 e. The Labute approximate surface area is 113 Å². The van der Waals surface area contributed by atoms with E-state index in [0.717, 1.165) is 23.7 Å². The normalized spacial score (nSPS) is 14.3. The van der Waals surface area contributed by atoms with Crippen LogP contribution in [-0.4, -0.2) is 28.8 Å². The van der Waals surface area contributed by atoms with E-state index in [2.05, 4.69) is 11.9 Å². The van der Waals surface area contributed by atoms with Crippen LogP contribution in [0.1, 0.15) is 19.8 Å². The van der Waals surface area contributed by atoms with Crippen LogP contribution in [0.15, 0.2) is 36.5 Å². The molecule has 1 heterocycles. The van der Waals surface area contributed by atoms with Crippen LogP contribution in [0.4, 0.5) is 0 Å². The maximum atomic E-state index is 9.43. The molecule has 0 aliphatic heterocycles. The second-order valence-corrected chi connectivity index (χ2v) is 4.62. The fraction of sp³-hybridized carbons (Fsp3) is 0.400. The molecular weight excluding hydrogens is 240 g/mol. The number of ether oxygens (including phenoxy) is 1. The SMILES string of the molecule is CCCC(N)C(CO)Oc1cccc2cccnc12. The Kier molecular flexibility index (Phi) is 4.71. The molecule has 0 radical (unpaired) electrons. The van der Waals surface area contributed by atoms with Gasteiger partial charge in [-0.15, -0.1) is 0 Å². The van der Waals surface area contributed by atoms with Gasteiger partial charge in [0, 0.05) is 17.6 Å². The number of aliphatic hydroxyl groups excluding tert-OH is 1. The van der Waals surface area contributed by atoms with Crippen LogP contribution in [-0.2, 0) is 0 Å². The first kappa shape index (κ1) is 13.8. The Morgan fingerprint density at radius 3 is 2.84 bits per heavy atom. The Morgan fingerprint density at radius 1 is 1.32 bits per heavy atom. The molecule has 0 aliphatic carbocycles. The van der Waals surface area contributed by atoms with Crippen molar-refractivity contribution in [3.8, 4) is 5.75 Å². The summed E-state index contributed by atoms with van der Waals surface area (Å²) in [6.07, 6.45) is 3.13. The van der Waals surface area contributed by atoms with Crippen LogP contribution in [0, 0.1) is 0 Å². The molecule has 0 bridgehead atoms. The maximum Gasteiger partial charge on any atom is 0.146 e. The topological polar surface area (TPSA) is 68.4 Å². The summed E-state index contributed by atoms with van der Waals surface area (Å²) >= 11 is 0. The number of hydrogen-bond acceptors (Lipinski definition) is 4. The Hall–Kier alpha value is -1.65. The number of aromatic nitrogens is 1. The van der Waals surface area contributed by atoms with E-state index in [4.69, 9.17) is 10.5 Å². The van der Waals surface area contributed by atoms with Crippen LogP contribution in [0.3, 0.4) is 0 Å². The van der Waals surface area contributed by atoms with Gasteiger partial charge in [0.2, 0.25) is 0 Å². The van der Waals surface area contributed by atoms with Crippen molar-refractivity contribution >= 4 is 10.9 Å². The molecule has 2 atom stereocenters. The van der Waals surface area contributed by atoms with Gasteiger partial charge in [0.05, 0.1) is 6.61 Å². The van der Waals surface area contributed by atoms with Crippen molar-refractivity contribution in [2.24, 2.45) is 5.73 Å². The summed E-state index contributed by atoms with van der Waals surface area (Å²) in [7, 11) is 0. The first-order chi connectivity index (χ1) is 9.26. The lowest BCUT2D eigenvalue weighted by Crippen LogP contribution is -2.41. The fourth-order valence-electron chi connectivity index (χ4n) is 2.11. The van der Waals surface area contributed by atoms with Crippen molar-refractivity contribution in [1.29, 1.82) is 0 Å². The van der Waals surface area contributed by atoms with Gasteiger partial charge < -0.3 is 15.6 Å². The van der Waals surface area contributed by atoms with E-state index < -0.39 is 6.10 Å². The van der Waals surface area contributed by atoms with Gasteiger partial charge in [0.1, 0.15) is 17.4 Å². The average molecular weight is 260 g/mol. The molecule has 1 aromatic heterocycles. The van der Waals surface area contributed by atoms with Gasteiger partial charge in [-0.3, -0.25) is 4.98 Å². The molecular formula is C15H20N2O2. The van der Waals surface area contributed by atoms with Crippen LogP contribution < -0.4 is 10.5 Å². The van der Waals surface area contributed by atoms with Crippen molar-refractivity contribution in [3.63, 3.8) is 0 Å². The zero-order chi connectivity index (χ0) is 13.7. The number of nitrogens with zero attached hydrogens (tertiary/aromatic N) is 1. The number of pyridine rings is 1. The first-order valence-electron chi connectivity index (χ1n) is 6.63. The van der Waals surface area contributed by atoms with Gasteiger partial charge in [-0.25, -0.2) is 0 Å². The van der Waals surface area contributed by atoms with Gasteiger partial charge in [-0.1, -0.05) is 31.5 Å². The fourth-order valence-corrected chi connectivity index (χ4v) is 2.11. The molecule has 0 saturated heterocycles. The molecule has 0 aliphatic rings. The van der Waals surface area contributed by atoms with Crippen molar-refractivity contribution in [2.45, 2.75) is 31.9 Å². The van der Waals surface area contributed by atoms with E-state index in [0.29, 0.717) is 5.75 Å². The highest BCUT2D eigenvalue weighted by Crippen LogP contribution is 2.24. The minimum atomic E-state index is -0.396. The van der Waals surface area contributed by atoms with Gasteiger partial charge in [0.25, 0.3) is 0 Å². The summed E-state index contributed by atoms with van der Waals surface area (Å²) < 4.78 is 5.85. The maximum absolute atomic E-state index is 9.43. The Bertz CT molecular complexity index is 525. The largest absolute Gasteiger partial charge is 0.484 e. The number of nitrogens with two attached hydrogens (primary N) is 1. The van der Waals surface area contributed by atoms with E-state index in [1.807, 2.05) is 30.3 Å². The standard InChI is InChI=1S/C15H20N2O2/c1-2-5-12(16)14(10-18)19-13-8-3-6-11-7-4-9-17-15(11)13/h3-4,6-9,12,14,18H,2,5,10,16H2,1H3. The predicted molar refractivity (Wildman–Crippen MR) is 76.1 cm³/mol. The number of benzene rings is 1. The summed E-state index contributed by atoms with van der Waals surface area (Å²) in [4.78, 5) is 4.33. The summed E-state index contributed by atoms with van der Waals surface area (Å²) in [5.41, 5.74) is 6.82. The van der Waals surface area contributed by atoms with E-state index in [9.17, 15) is 5.11 Å². The highest BCUT2D eigenvalue weighted by molar-refractivity contribution is 5.84. The van der Waals surface area contributed by atoms with E-state index >= 15 is 0 Å². The highest BCUT2D eigenvalue weighted by Gasteiger charge is 2.19. The molecule has 0 fully saturated rings. The highest BCUT2D eigenvalue weighted by atomic mass is 16.5. The molecule has 2 aromatic rings. The quantitative estimate of drug-likeness (QED) is 0.834. The summed E-state index contributed by atoms with van der Waals surface area (Å²) in [5, 5.41) is 10.4. The molecule has 1 aromatic carbocycles. The lowest BCUT2D eigenvalue weighted by atomic mass is 10.1. The van der Waals surface area contributed by atoms with Crippen LogP contribution in [0.2, 0.25) is 0 Å². The lowest BCUT2D eigenvalue weighted by molar-refractivity contribution is 0.0928. The second kappa shape index (κ2) is 6.50. The molecule has 2 rings (SSSR count). The number of aliphatic hydroxyl groups is 1. The molecule has 0 spiro atoms. The number of hydrogen-bond donors (Lipinski definition) is 2. The number of para-hydroxylation sites is 1. The molecule has 3 N–H and O–H groups in total. The minimum absolute atomic E-state index is 0.0929. The zero-order valence-electron chi connectivity index (χ0n) is 11.1. The van der Waals surface area contributed by atoms with Crippen LogP contribution in [0.5, 0.6) is 5.75 Å². The minimum Gasteiger partial charge on any atom is -0.484 e. The van der Waals surface area contributed by atoms with Gasteiger partial charge in [0.15, 0.2) is 0 Å². The van der Waals surface area contributed by atoms with Crippen LogP contribution >= 0.6 is 0 Å². The third kappa shape index (κ3) is 3.22. The van der Waals surface area contributed by atoms with Gasteiger partial charge in [-0.2, -0.15) is 0 Å². The first-order valence-corrected chi connectivity index (χ1v) is 6.63. The zero-order valence-corrected chi connectivity index (χ0v) is 11.1. The second-order valence-electron chi connectivity index (χ2n) is 4.62. The molecule has 4 nitrogen and oxygen atoms in total. The van der Waals surface area contributed by atoms with Crippen molar-refractivity contribution < 1.29 is 9.84 Å². The third-order valence-corrected chi connectivity index (χ3v) is 3.15. The lowest BCUT2D eigenvalue weighted by Gasteiger charge is -2.23. The van der Waals surface area contributed by atoms with Gasteiger partial charge in [-0.05, 0) is 18.6 Å². The molecule has 19 heavy (non-hydrogen) atoms. The van der Waals surface area contributed by atoms with Crippen molar-refractivity contribution in [1.82, 2.24) is 4.98 Å². The summed E-state index contributed by atoms with van der Waals surface area (Å²) in [6, 6.07) is 9.45. The molecule has 2 unspecified atom stereocenters. The summed E-state index contributed by atoms with van der Waals surface area (Å²) in [5.74, 6) is 0.670. The van der Waals surface area contributed by atoms with E-state index in [-0.39, 0.29) is 12.6 Å². The summed E-state index contributed by atoms with van der Waals surface area (Å²) in [6.45, 7) is 1.97. The molecule has 0 amide bonds. The third-order valence-electron chi connectivity index (χ3n) is 3.15. The van der Waals surface area contributed by atoms with Crippen molar-refractivity contribution in [3.05, 3.63) is 36.5 Å². The Morgan fingerprint density at radius 2 is 2.11 bits per heavy atom. The monoisotopic (exact) mass is 260 g/mol. The average Bonchev–Trinajstić information content (AvgIpc) is 2.45. The number of rotatable bonds is 6. The van der Waals surface area contributed by atoms with E-state index in [1.165, 1.54) is 0 Å². The number of fused-ring (bicyclic) bond motifs is 1. The van der Waals surface area contributed by atoms with Crippen LogP contribution in [0.25, 0.3) is 10.9 Å².